The van der Waals surface area contributed by atoms with Crippen LogP contribution in [0.4, 0.5) is 0 Å². The maximum atomic E-state index is 11.3. The minimum absolute atomic E-state index is 0.0645. The molecule has 0 radical (unpaired) electrons. The summed E-state index contributed by atoms with van der Waals surface area (Å²) in [6, 6.07) is 11.6. The van der Waals surface area contributed by atoms with Crippen LogP contribution < -0.4 is 5.73 Å². The van der Waals surface area contributed by atoms with Crippen LogP contribution in [0, 0.1) is 0 Å². The van der Waals surface area contributed by atoms with E-state index in [4.69, 9.17) is 10.2 Å². The van der Waals surface area contributed by atoms with Crippen LogP contribution in [0.15, 0.2) is 46.9 Å². The van der Waals surface area contributed by atoms with E-state index in [1.807, 2.05) is 0 Å². The maximum Gasteiger partial charge on any atom is 0.251 e. The SMILES string of the molecule is NC(=O)c1cccc2oc(-c3ccccc3O)nc12. The van der Waals surface area contributed by atoms with E-state index < -0.39 is 5.91 Å². The van der Waals surface area contributed by atoms with E-state index in [1.165, 1.54) is 0 Å². The summed E-state index contributed by atoms with van der Waals surface area (Å²) in [5.41, 5.74) is 6.90. The number of phenolic OH excluding ortho intramolecular Hbond substituents is 1. The van der Waals surface area contributed by atoms with Gasteiger partial charge in [-0.25, -0.2) is 4.98 Å². The van der Waals surface area contributed by atoms with Crippen LogP contribution in [0.2, 0.25) is 0 Å². The van der Waals surface area contributed by atoms with Gasteiger partial charge in [-0.3, -0.25) is 4.79 Å². The van der Waals surface area contributed by atoms with Crippen LogP contribution in [-0.2, 0) is 0 Å². The van der Waals surface area contributed by atoms with E-state index in [-0.39, 0.29) is 11.6 Å². The molecule has 0 spiro atoms. The predicted molar refractivity (Wildman–Crippen MR) is 69.6 cm³/mol. The molecule has 5 heteroatoms. The normalized spacial score (nSPS) is 10.7. The molecule has 1 aromatic heterocycles. The van der Waals surface area contributed by atoms with Crippen LogP contribution in [0.5, 0.6) is 5.75 Å². The van der Waals surface area contributed by atoms with E-state index in [0.29, 0.717) is 22.2 Å². The molecule has 0 atom stereocenters. The molecule has 19 heavy (non-hydrogen) atoms. The molecule has 5 nitrogen and oxygen atoms in total. The van der Waals surface area contributed by atoms with Gasteiger partial charge in [0.15, 0.2) is 5.58 Å². The molecule has 1 amide bonds. The number of primary amides is 1. The van der Waals surface area contributed by atoms with Gasteiger partial charge in [0.1, 0.15) is 11.3 Å². The summed E-state index contributed by atoms with van der Waals surface area (Å²) >= 11 is 0. The lowest BCUT2D eigenvalue weighted by atomic mass is 10.2. The van der Waals surface area contributed by atoms with Crippen LogP contribution >= 0.6 is 0 Å². The van der Waals surface area contributed by atoms with Gasteiger partial charge in [0.25, 0.3) is 5.91 Å². The number of nitrogens with zero attached hydrogens (tertiary/aromatic N) is 1. The minimum Gasteiger partial charge on any atom is -0.507 e. The third-order valence-corrected chi connectivity index (χ3v) is 2.82. The van der Waals surface area contributed by atoms with Crippen molar-refractivity contribution < 1.29 is 14.3 Å². The number of carbonyl (C=O) groups is 1. The molecule has 0 saturated carbocycles. The molecule has 0 fully saturated rings. The van der Waals surface area contributed by atoms with Crippen LogP contribution in [0.25, 0.3) is 22.6 Å². The zero-order valence-corrected chi connectivity index (χ0v) is 9.83. The van der Waals surface area contributed by atoms with Gasteiger partial charge in [-0.1, -0.05) is 18.2 Å². The third-order valence-electron chi connectivity index (χ3n) is 2.82. The van der Waals surface area contributed by atoms with Gasteiger partial charge in [0.05, 0.1) is 11.1 Å². The number of oxazole rings is 1. The fraction of sp³-hybridized carbons (Fsp3) is 0. The van der Waals surface area contributed by atoms with Crippen molar-refractivity contribution in [2.24, 2.45) is 5.73 Å². The Hall–Kier alpha value is -2.82. The number of phenols is 1. The first-order valence-electron chi connectivity index (χ1n) is 5.64. The molecule has 0 bridgehead atoms. The molecule has 1 heterocycles. The second kappa shape index (κ2) is 4.13. The molecule has 3 N–H and O–H groups in total. The van der Waals surface area contributed by atoms with Gasteiger partial charge in [-0.05, 0) is 24.3 Å². The highest BCUT2D eigenvalue weighted by Gasteiger charge is 2.15. The van der Waals surface area contributed by atoms with Crippen LogP contribution in [0.1, 0.15) is 10.4 Å². The number of hydrogen-bond donors (Lipinski definition) is 2. The molecular weight excluding hydrogens is 244 g/mol. The quantitative estimate of drug-likeness (QED) is 0.734. The van der Waals surface area contributed by atoms with Gasteiger partial charge in [-0.2, -0.15) is 0 Å². The van der Waals surface area contributed by atoms with Crippen molar-refractivity contribution in [2.45, 2.75) is 0 Å². The minimum atomic E-state index is -0.567. The van der Waals surface area contributed by atoms with Crippen molar-refractivity contribution >= 4 is 17.0 Å². The first-order chi connectivity index (χ1) is 9.16. The summed E-state index contributed by atoms with van der Waals surface area (Å²) in [4.78, 5) is 15.6. The fourth-order valence-corrected chi connectivity index (χ4v) is 1.92. The lowest BCUT2D eigenvalue weighted by molar-refractivity contribution is 0.100. The molecule has 3 rings (SSSR count). The summed E-state index contributed by atoms with van der Waals surface area (Å²) in [5, 5.41) is 9.78. The second-order valence-corrected chi connectivity index (χ2v) is 4.05. The smallest absolute Gasteiger partial charge is 0.251 e. The highest BCUT2D eigenvalue weighted by Crippen LogP contribution is 2.31. The van der Waals surface area contributed by atoms with E-state index in [0.717, 1.165) is 0 Å². The lowest BCUT2D eigenvalue weighted by Gasteiger charge is -1.97. The zero-order valence-electron chi connectivity index (χ0n) is 9.83. The fourth-order valence-electron chi connectivity index (χ4n) is 1.92. The van der Waals surface area contributed by atoms with E-state index >= 15 is 0 Å². The molecule has 0 unspecified atom stereocenters. The summed E-state index contributed by atoms with van der Waals surface area (Å²) < 4.78 is 5.55. The summed E-state index contributed by atoms with van der Waals surface area (Å²) in [5.74, 6) is -0.251. The summed E-state index contributed by atoms with van der Waals surface area (Å²) in [6.07, 6.45) is 0. The molecule has 2 aromatic carbocycles. The number of fused-ring (bicyclic) bond motifs is 1. The standard InChI is InChI=1S/C14H10N2O3/c15-13(18)9-5-3-7-11-12(9)16-14(19-11)8-4-1-2-6-10(8)17/h1-7,17H,(H2,15,18). The Bertz CT molecular complexity index is 777. The Morgan fingerprint density at radius 2 is 1.95 bits per heavy atom. The first-order valence-corrected chi connectivity index (χ1v) is 5.64. The highest BCUT2D eigenvalue weighted by molar-refractivity contribution is 6.04. The number of para-hydroxylation sites is 2. The van der Waals surface area contributed by atoms with Crippen molar-refractivity contribution in [2.75, 3.05) is 0 Å². The molecule has 0 saturated heterocycles. The maximum absolute atomic E-state index is 11.3. The Balaban J connectivity index is 2.26. The zero-order chi connectivity index (χ0) is 13.4. The average molecular weight is 254 g/mol. The molecule has 94 valence electrons. The Morgan fingerprint density at radius 3 is 2.68 bits per heavy atom. The van der Waals surface area contributed by atoms with Crippen molar-refractivity contribution in [3.05, 3.63) is 48.0 Å². The van der Waals surface area contributed by atoms with Gasteiger partial charge in [0.2, 0.25) is 5.89 Å². The van der Waals surface area contributed by atoms with E-state index in [2.05, 4.69) is 4.98 Å². The largest absolute Gasteiger partial charge is 0.507 e. The van der Waals surface area contributed by atoms with Gasteiger partial charge < -0.3 is 15.3 Å². The van der Waals surface area contributed by atoms with Crippen LogP contribution in [0.3, 0.4) is 0 Å². The molecular formula is C14H10N2O3. The molecule has 3 aromatic rings. The Labute approximate surface area is 108 Å². The highest BCUT2D eigenvalue weighted by atomic mass is 16.3. The second-order valence-electron chi connectivity index (χ2n) is 4.05. The molecule has 0 aliphatic carbocycles. The number of aromatic nitrogens is 1. The number of nitrogens with two attached hydrogens (primary N) is 1. The number of hydrogen-bond acceptors (Lipinski definition) is 4. The molecule has 0 aliphatic rings. The van der Waals surface area contributed by atoms with E-state index in [1.54, 1.807) is 42.5 Å². The number of benzene rings is 2. The van der Waals surface area contributed by atoms with Crippen molar-refractivity contribution in [3.63, 3.8) is 0 Å². The van der Waals surface area contributed by atoms with Crippen LogP contribution in [-0.4, -0.2) is 16.0 Å². The third kappa shape index (κ3) is 1.81. The van der Waals surface area contributed by atoms with E-state index in [9.17, 15) is 9.90 Å². The number of aromatic hydroxyl groups is 1. The van der Waals surface area contributed by atoms with Gasteiger partial charge in [0, 0.05) is 0 Å². The van der Waals surface area contributed by atoms with Crippen molar-refractivity contribution in [3.8, 4) is 17.2 Å². The van der Waals surface area contributed by atoms with Gasteiger partial charge in [-0.15, -0.1) is 0 Å². The first kappa shape index (κ1) is 11.3. The summed E-state index contributed by atoms with van der Waals surface area (Å²) in [6.45, 7) is 0. The Morgan fingerprint density at radius 1 is 1.16 bits per heavy atom. The average Bonchev–Trinajstić information content (AvgIpc) is 2.82. The van der Waals surface area contributed by atoms with Gasteiger partial charge >= 0.3 is 0 Å². The number of carbonyl (C=O) groups excluding carboxylic acids is 1. The van der Waals surface area contributed by atoms with Crippen molar-refractivity contribution in [1.29, 1.82) is 0 Å². The Kier molecular flexibility index (Phi) is 2.45. The number of amides is 1. The topological polar surface area (TPSA) is 89.4 Å². The lowest BCUT2D eigenvalue weighted by Crippen LogP contribution is -2.11. The monoisotopic (exact) mass is 254 g/mol. The molecule has 0 aliphatic heterocycles. The summed E-state index contributed by atoms with van der Waals surface area (Å²) in [7, 11) is 0. The predicted octanol–water partition coefficient (Wildman–Crippen LogP) is 2.30. The van der Waals surface area contributed by atoms with Crippen molar-refractivity contribution in [1.82, 2.24) is 4.98 Å². The number of rotatable bonds is 2.